The average Bonchev–Trinajstić information content (AvgIpc) is 2.47. The van der Waals surface area contributed by atoms with Crippen molar-refractivity contribution in [1.29, 1.82) is 0 Å². The van der Waals surface area contributed by atoms with Crippen molar-refractivity contribution in [3.63, 3.8) is 0 Å². The Morgan fingerprint density at radius 2 is 2.05 bits per heavy atom. The zero-order valence-corrected chi connectivity index (χ0v) is 12.2. The summed E-state index contributed by atoms with van der Waals surface area (Å²) in [7, 11) is 3.12. The Bertz CT molecular complexity index is 460. The van der Waals surface area contributed by atoms with Crippen LogP contribution in [0.3, 0.4) is 0 Å². The summed E-state index contributed by atoms with van der Waals surface area (Å²) in [5.41, 5.74) is 2.28. The summed E-state index contributed by atoms with van der Waals surface area (Å²) in [4.78, 5) is 12.4. The van der Waals surface area contributed by atoms with E-state index in [0.717, 1.165) is 18.5 Å². The maximum absolute atomic E-state index is 12.4. The number of fused-ring (bicyclic) bond motifs is 1. The minimum Gasteiger partial charge on any atom is -0.354 e. The molecule has 2 rings (SSSR count). The molecule has 0 bridgehead atoms. The van der Waals surface area contributed by atoms with E-state index in [4.69, 9.17) is 9.47 Å². The summed E-state index contributed by atoms with van der Waals surface area (Å²) < 4.78 is 10.3. The molecular formula is C15H22N2O3. The fraction of sp³-hybridized carbons (Fsp3) is 0.533. The van der Waals surface area contributed by atoms with Crippen molar-refractivity contribution < 1.29 is 14.3 Å². The van der Waals surface area contributed by atoms with Crippen molar-refractivity contribution >= 4 is 5.91 Å². The van der Waals surface area contributed by atoms with Crippen LogP contribution in [0.1, 0.15) is 24.1 Å². The predicted octanol–water partition coefficient (Wildman–Crippen LogP) is 0.997. The average molecular weight is 278 g/mol. The quantitative estimate of drug-likeness (QED) is 0.789. The van der Waals surface area contributed by atoms with E-state index in [9.17, 15) is 4.79 Å². The molecule has 5 heteroatoms. The number of carbonyl (C=O) groups is 1. The lowest BCUT2D eigenvalue weighted by Gasteiger charge is -2.29. The molecule has 1 aromatic rings. The first kappa shape index (κ1) is 15.0. The molecule has 0 aromatic heterocycles. The molecular weight excluding hydrogens is 256 g/mol. The molecule has 1 aromatic carbocycles. The van der Waals surface area contributed by atoms with E-state index in [1.165, 1.54) is 5.56 Å². The van der Waals surface area contributed by atoms with E-state index >= 15 is 0 Å². The standard InChI is InChI=1S/C15H22N2O3/c1-10(15(19-2)20-3)17-14(18)13-12-7-5-4-6-11(12)8-9-16-13/h4-7,10,13,15-16H,8-9H2,1-3H3,(H,17,18). The van der Waals surface area contributed by atoms with E-state index in [2.05, 4.69) is 16.7 Å². The van der Waals surface area contributed by atoms with Crippen molar-refractivity contribution in [1.82, 2.24) is 10.6 Å². The largest absolute Gasteiger partial charge is 0.354 e. The Labute approximate surface area is 119 Å². The Kier molecular flexibility index (Phi) is 5.11. The van der Waals surface area contributed by atoms with Crippen LogP contribution in [-0.2, 0) is 20.7 Å². The van der Waals surface area contributed by atoms with Gasteiger partial charge in [0.1, 0.15) is 6.04 Å². The Hall–Kier alpha value is -1.43. The Morgan fingerprint density at radius 1 is 1.35 bits per heavy atom. The van der Waals surface area contributed by atoms with Gasteiger partial charge in [0.05, 0.1) is 6.04 Å². The van der Waals surface area contributed by atoms with Crippen molar-refractivity contribution in [2.75, 3.05) is 20.8 Å². The van der Waals surface area contributed by atoms with Gasteiger partial charge >= 0.3 is 0 Å². The van der Waals surface area contributed by atoms with Crippen LogP contribution in [0.25, 0.3) is 0 Å². The smallest absolute Gasteiger partial charge is 0.242 e. The molecule has 110 valence electrons. The molecule has 1 amide bonds. The monoisotopic (exact) mass is 278 g/mol. The summed E-state index contributed by atoms with van der Waals surface area (Å²) in [6.07, 6.45) is 0.506. The summed E-state index contributed by atoms with van der Waals surface area (Å²) in [6.45, 7) is 2.67. The maximum Gasteiger partial charge on any atom is 0.242 e. The van der Waals surface area contributed by atoms with E-state index in [1.54, 1.807) is 14.2 Å². The first-order valence-electron chi connectivity index (χ1n) is 6.84. The lowest BCUT2D eigenvalue weighted by molar-refractivity contribution is -0.137. The molecule has 0 radical (unpaired) electrons. The molecule has 1 aliphatic rings. The number of amides is 1. The molecule has 2 N–H and O–H groups in total. The highest BCUT2D eigenvalue weighted by Crippen LogP contribution is 2.22. The zero-order valence-electron chi connectivity index (χ0n) is 12.2. The zero-order chi connectivity index (χ0) is 14.5. The van der Waals surface area contributed by atoms with Crippen LogP contribution in [0.15, 0.2) is 24.3 Å². The topological polar surface area (TPSA) is 59.6 Å². The minimum atomic E-state index is -0.446. The lowest BCUT2D eigenvalue weighted by Crippen LogP contribution is -2.48. The van der Waals surface area contributed by atoms with Gasteiger partial charge in [0.2, 0.25) is 5.91 Å². The molecule has 20 heavy (non-hydrogen) atoms. The number of carbonyl (C=O) groups excluding carboxylic acids is 1. The van der Waals surface area contributed by atoms with Gasteiger partial charge in [0.25, 0.3) is 0 Å². The third-order valence-electron chi connectivity index (χ3n) is 3.61. The van der Waals surface area contributed by atoms with Gasteiger partial charge in [0.15, 0.2) is 6.29 Å². The van der Waals surface area contributed by atoms with Gasteiger partial charge in [-0.1, -0.05) is 24.3 Å². The fourth-order valence-corrected chi connectivity index (χ4v) is 2.62. The molecule has 0 spiro atoms. The molecule has 2 atom stereocenters. The first-order valence-corrected chi connectivity index (χ1v) is 6.84. The maximum atomic E-state index is 12.4. The molecule has 1 aliphatic heterocycles. The van der Waals surface area contributed by atoms with Crippen LogP contribution in [0.2, 0.25) is 0 Å². The summed E-state index contributed by atoms with van der Waals surface area (Å²) in [5, 5.41) is 6.20. The second-order valence-electron chi connectivity index (χ2n) is 4.97. The fourth-order valence-electron chi connectivity index (χ4n) is 2.62. The minimum absolute atomic E-state index is 0.0521. The van der Waals surface area contributed by atoms with Crippen LogP contribution in [0, 0.1) is 0 Å². The van der Waals surface area contributed by atoms with Gasteiger partial charge in [-0.15, -0.1) is 0 Å². The third kappa shape index (κ3) is 3.17. The highest BCUT2D eigenvalue weighted by atomic mass is 16.7. The lowest BCUT2D eigenvalue weighted by atomic mass is 9.94. The predicted molar refractivity (Wildman–Crippen MR) is 76.3 cm³/mol. The van der Waals surface area contributed by atoms with E-state index in [-0.39, 0.29) is 18.0 Å². The highest BCUT2D eigenvalue weighted by Gasteiger charge is 2.28. The number of hydrogen-bond acceptors (Lipinski definition) is 4. The molecule has 0 saturated heterocycles. The van der Waals surface area contributed by atoms with E-state index in [0.29, 0.717) is 0 Å². The SMILES string of the molecule is COC(OC)C(C)NC(=O)C1NCCc2ccccc21. The highest BCUT2D eigenvalue weighted by molar-refractivity contribution is 5.84. The summed E-state index contributed by atoms with van der Waals surface area (Å²) in [5.74, 6) is -0.0521. The third-order valence-corrected chi connectivity index (χ3v) is 3.61. The number of nitrogens with one attached hydrogen (secondary N) is 2. The summed E-state index contributed by atoms with van der Waals surface area (Å²) >= 11 is 0. The molecule has 0 fully saturated rings. The van der Waals surface area contributed by atoms with E-state index in [1.807, 2.05) is 25.1 Å². The molecule has 0 saturated carbocycles. The van der Waals surface area contributed by atoms with Gasteiger partial charge in [-0.3, -0.25) is 4.79 Å². The second-order valence-corrected chi connectivity index (χ2v) is 4.97. The van der Waals surface area contributed by atoms with E-state index < -0.39 is 6.29 Å². The Balaban J connectivity index is 2.07. The Morgan fingerprint density at radius 3 is 2.75 bits per heavy atom. The number of hydrogen-bond donors (Lipinski definition) is 2. The van der Waals surface area contributed by atoms with Gasteiger partial charge < -0.3 is 20.1 Å². The second kappa shape index (κ2) is 6.83. The molecule has 5 nitrogen and oxygen atoms in total. The van der Waals surface area contributed by atoms with Crippen LogP contribution in [0.4, 0.5) is 0 Å². The number of methoxy groups -OCH3 is 2. The molecule has 2 unspecified atom stereocenters. The van der Waals surface area contributed by atoms with Gasteiger partial charge in [-0.2, -0.15) is 0 Å². The van der Waals surface area contributed by atoms with Crippen LogP contribution in [-0.4, -0.2) is 39.0 Å². The molecule has 1 heterocycles. The van der Waals surface area contributed by atoms with Crippen molar-refractivity contribution in [2.45, 2.75) is 31.7 Å². The number of rotatable bonds is 5. The van der Waals surface area contributed by atoms with Gasteiger partial charge in [0, 0.05) is 20.8 Å². The van der Waals surface area contributed by atoms with Crippen molar-refractivity contribution in [3.8, 4) is 0 Å². The van der Waals surface area contributed by atoms with Crippen LogP contribution < -0.4 is 10.6 Å². The van der Waals surface area contributed by atoms with Gasteiger partial charge in [-0.25, -0.2) is 0 Å². The van der Waals surface area contributed by atoms with Crippen molar-refractivity contribution in [3.05, 3.63) is 35.4 Å². The normalized spacial score (nSPS) is 19.5. The first-order chi connectivity index (χ1) is 9.67. The summed E-state index contributed by atoms with van der Waals surface area (Å²) in [6, 6.07) is 7.52. The molecule has 0 aliphatic carbocycles. The number of benzene rings is 1. The van der Waals surface area contributed by atoms with Gasteiger partial charge in [-0.05, 0) is 24.5 Å². The van der Waals surface area contributed by atoms with Crippen molar-refractivity contribution in [2.24, 2.45) is 0 Å². The van der Waals surface area contributed by atoms with Crippen LogP contribution in [0.5, 0.6) is 0 Å². The number of ether oxygens (including phenoxy) is 2. The van der Waals surface area contributed by atoms with Crippen LogP contribution >= 0.6 is 0 Å².